The third-order valence-corrected chi connectivity index (χ3v) is 23.9. The summed E-state index contributed by atoms with van der Waals surface area (Å²) >= 11 is 0. The molecule has 6 aromatic heterocycles. The Balaban J connectivity index is 0.000000122. The summed E-state index contributed by atoms with van der Waals surface area (Å²) < 4.78 is 18.3. The standard InChI is InChI=1S/3C40H25N3O2.CH4/c44-37-33-17-9-10-18-35(33)45-36-25-30(23-24-34(36)37)26-19-21-27(22-20-26)31-15-7-8-16-32(31)40-42-38(28-11-3-1-4-12-28)41-39(43-40)29-13-5-2-6-14-29;44-37-33-16-7-8-17-35(33)45-36-25-31(22-23-34(36)37)27-20-18-26(19-21-27)30-14-9-15-32(24-30)40-42-38(28-10-3-1-4-11-28)41-39(43-40)29-12-5-2-6-13-29;44-37-33-13-7-8-14-35(33)45-36-25-32(23-24-34(36)37)28-17-15-26(16-18-28)27-19-21-31(22-20-27)40-42-38(29-9-3-1-4-10-29)41-39(43-40)30-11-5-2-6-12-30;/h3*1-25H;1H4. The Bertz CT molecular complexity index is 8590. The Labute approximate surface area is 781 Å². The van der Waals surface area contributed by atoms with Crippen molar-refractivity contribution in [2.24, 2.45) is 0 Å². The van der Waals surface area contributed by atoms with Gasteiger partial charge in [-0.15, -0.1) is 0 Å². The minimum Gasteiger partial charge on any atom is -0.456 e. The maximum Gasteiger partial charge on any atom is 0.200 e. The van der Waals surface area contributed by atoms with E-state index in [2.05, 4.69) is 121 Å². The van der Waals surface area contributed by atoms with Crippen LogP contribution in [0.1, 0.15) is 7.43 Å². The van der Waals surface area contributed by atoms with Gasteiger partial charge in [0.1, 0.15) is 33.5 Å². The lowest BCUT2D eigenvalue weighted by atomic mass is 9.96. The van der Waals surface area contributed by atoms with Crippen LogP contribution in [-0.4, -0.2) is 44.9 Å². The van der Waals surface area contributed by atoms with Crippen LogP contribution in [-0.2, 0) is 0 Å². The van der Waals surface area contributed by atoms with E-state index < -0.39 is 0 Å². The quantitative estimate of drug-likeness (QED) is 0.0875. The summed E-state index contributed by atoms with van der Waals surface area (Å²) in [4.78, 5) is 82.7. The molecule has 0 saturated carbocycles. The average molecular weight is 1760 g/mol. The molecule has 24 aromatic rings. The van der Waals surface area contributed by atoms with Crippen molar-refractivity contribution < 1.29 is 13.3 Å². The number of nitrogens with zero attached hydrogens (tertiary/aromatic N) is 9. The van der Waals surface area contributed by atoms with Gasteiger partial charge in [0.15, 0.2) is 52.4 Å². The number of fused-ring (bicyclic) bond motifs is 6. The van der Waals surface area contributed by atoms with Crippen LogP contribution < -0.4 is 16.3 Å². The second-order valence-electron chi connectivity index (χ2n) is 32.5. The summed E-state index contributed by atoms with van der Waals surface area (Å²) in [5.41, 5.74) is 24.2. The van der Waals surface area contributed by atoms with Crippen molar-refractivity contribution in [2.75, 3.05) is 0 Å². The highest BCUT2D eigenvalue weighted by atomic mass is 16.3. The number of hydrogen-bond acceptors (Lipinski definition) is 15. The Kier molecular flexibility index (Phi) is 23.2. The van der Waals surface area contributed by atoms with Crippen molar-refractivity contribution in [3.05, 3.63) is 486 Å². The Morgan fingerprint density at radius 1 is 0.132 bits per heavy atom. The largest absolute Gasteiger partial charge is 0.456 e. The van der Waals surface area contributed by atoms with Crippen LogP contribution >= 0.6 is 0 Å². The molecule has 136 heavy (non-hydrogen) atoms. The Morgan fingerprint density at radius 2 is 0.324 bits per heavy atom. The van der Waals surface area contributed by atoms with E-state index in [1.807, 2.05) is 315 Å². The highest BCUT2D eigenvalue weighted by Gasteiger charge is 2.21. The van der Waals surface area contributed by atoms with Crippen molar-refractivity contribution in [2.45, 2.75) is 7.43 Å². The average Bonchev–Trinajstić information content (AvgIpc) is 0.773. The maximum absolute atomic E-state index is 13.0. The molecule has 0 aliphatic carbocycles. The molecule has 0 bridgehead atoms. The van der Waals surface area contributed by atoms with E-state index in [4.69, 9.17) is 58.1 Å². The van der Waals surface area contributed by atoms with Gasteiger partial charge in [-0.05, 0) is 146 Å². The van der Waals surface area contributed by atoms with Gasteiger partial charge in [0.25, 0.3) is 0 Å². The van der Waals surface area contributed by atoms with E-state index >= 15 is 0 Å². The van der Waals surface area contributed by atoms with E-state index in [1.165, 1.54) is 0 Å². The van der Waals surface area contributed by atoms with Crippen LogP contribution in [0.4, 0.5) is 0 Å². The van der Waals surface area contributed by atoms with Crippen molar-refractivity contribution in [1.82, 2.24) is 44.9 Å². The molecule has 0 spiro atoms. The molecule has 0 amide bonds. The van der Waals surface area contributed by atoms with E-state index in [0.717, 1.165) is 117 Å². The van der Waals surface area contributed by atoms with Gasteiger partial charge < -0.3 is 13.3 Å². The summed E-state index contributed by atoms with van der Waals surface area (Å²) in [7, 11) is 0. The normalized spacial score (nSPS) is 11.1. The Morgan fingerprint density at radius 3 is 0.625 bits per heavy atom. The van der Waals surface area contributed by atoms with Gasteiger partial charge in [-0.3, -0.25) is 14.4 Å². The van der Waals surface area contributed by atoms with E-state index in [-0.39, 0.29) is 23.7 Å². The molecule has 0 fully saturated rings. The summed E-state index contributed by atoms with van der Waals surface area (Å²) in [5, 5.41) is 3.51. The fourth-order valence-electron chi connectivity index (χ4n) is 16.9. The van der Waals surface area contributed by atoms with Crippen LogP contribution in [0.5, 0.6) is 0 Å². The molecule has 0 aliphatic heterocycles. The zero-order valence-electron chi connectivity index (χ0n) is 72.3. The topological polar surface area (TPSA) is 207 Å². The highest BCUT2D eigenvalue weighted by molar-refractivity contribution is 5.96. The summed E-state index contributed by atoms with van der Waals surface area (Å²) in [5.74, 6) is 5.65. The van der Waals surface area contributed by atoms with Gasteiger partial charge in [-0.25, -0.2) is 44.9 Å². The monoisotopic (exact) mass is 1750 g/mol. The number of hydrogen-bond donors (Lipinski definition) is 0. The zero-order chi connectivity index (χ0) is 90.5. The van der Waals surface area contributed by atoms with Gasteiger partial charge in [-0.1, -0.05) is 384 Å². The first kappa shape index (κ1) is 84.3. The number of benzene rings is 18. The zero-order valence-corrected chi connectivity index (χ0v) is 72.3. The van der Waals surface area contributed by atoms with Gasteiger partial charge in [0.2, 0.25) is 16.3 Å². The van der Waals surface area contributed by atoms with Gasteiger partial charge in [-0.2, -0.15) is 0 Å². The molecule has 24 rings (SSSR count). The fraction of sp³-hybridized carbons (Fsp3) is 0.00826. The molecule has 0 aliphatic rings. The van der Waals surface area contributed by atoms with Crippen LogP contribution in [0.15, 0.2) is 483 Å². The molecular formula is C121H79N9O6. The molecule has 15 heteroatoms. The minimum absolute atomic E-state index is 0. The van der Waals surface area contributed by atoms with Crippen LogP contribution in [0.2, 0.25) is 0 Å². The Hall–Kier alpha value is -18.6. The lowest BCUT2D eigenvalue weighted by Crippen LogP contribution is -2.01. The summed E-state index contributed by atoms with van der Waals surface area (Å²) in [6.45, 7) is 0. The molecule has 0 radical (unpaired) electrons. The second-order valence-corrected chi connectivity index (χ2v) is 32.5. The van der Waals surface area contributed by atoms with E-state index in [9.17, 15) is 14.4 Å². The van der Waals surface area contributed by atoms with Crippen molar-refractivity contribution >= 4 is 65.8 Å². The summed E-state index contributed by atoms with van der Waals surface area (Å²) in [6, 6.07) is 149. The van der Waals surface area contributed by atoms with E-state index in [1.54, 1.807) is 18.2 Å². The number of para-hydroxylation sites is 3. The lowest BCUT2D eigenvalue weighted by molar-refractivity contribution is 0.659. The molecule has 0 unspecified atom stereocenters. The number of aromatic nitrogens is 9. The first-order chi connectivity index (χ1) is 66.6. The first-order valence-electron chi connectivity index (χ1n) is 44.2. The molecule has 15 nitrogen and oxygen atoms in total. The number of rotatable bonds is 15. The van der Waals surface area contributed by atoms with Crippen molar-refractivity contribution in [3.63, 3.8) is 0 Å². The van der Waals surface area contributed by atoms with Gasteiger partial charge in [0, 0.05) is 50.1 Å². The fourth-order valence-corrected chi connectivity index (χ4v) is 16.9. The first-order valence-corrected chi connectivity index (χ1v) is 44.2. The summed E-state index contributed by atoms with van der Waals surface area (Å²) in [6.07, 6.45) is 0. The molecule has 644 valence electrons. The predicted octanol–water partition coefficient (Wildman–Crippen LogP) is 29.0. The molecule has 18 aromatic carbocycles. The van der Waals surface area contributed by atoms with Crippen LogP contribution in [0, 0.1) is 0 Å². The van der Waals surface area contributed by atoms with Gasteiger partial charge in [0.05, 0.1) is 32.3 Å². The lowest BCUT2D eigenvalue weighted by Gasteiger charge is -2.12. The molecule has 0 saturated heterocycles. The molecule has 6 heterocycles. The predicted molar refractivity (Wildman–Crippen MR) is 548 cm³/mol. The smallest absolute Gasteiger partial charge is 0.200 e. The van der Waals surface area contributed by atoms with E-state index in [0.29, 0.717) is 118 Å². The van der Waals surface area contributed by atoms with Crippen molar-refractivity contribution in [1.29, 1.82) is 0 Å². The van der Waals surface area contributed by atoms with Crippen LogP contribution in [0.3, 0.4) is 0 Å². The van der Waals surface area contributed by atoms with Crippen LogP contribution in [0.25, 0.3) is 235 Å². The molecule has 0 atom stereocenters. The third kappa shape index (κ3) is 17.4. The van der Waals surface area contributed by atoms with Gasteiger partial charge >= 0.3 is 0 Å². The molecular weight excluding hydrogens is 1680 g/mol. The SMILES string of the molecule is C.O=c1c2ccccc2oc2cc(-c3ccc(-c4ccc(-c5nc(-c6ccccc6)nc(-c6ccccc6)n5)cc4)cc3)ccc12.O=c1c2ccccc2oc2cc(-c3ccc(-c4cccc(-c5nc(-c6ccccc6)nc(-c6ccccc6)n5)c4)cc3)ccc12.O=c1c2ccccc2oc2cc(-c3ccc(-c4ccccc4-c4nc(-c5ccccc5)nc(-c5ccccc5)n4)cc3)ccc12. The maximum atomic E-state index is 13.0. The molecule has 0 N–H and O–H groups in total. The highest BCUT2D eigenvalue weighted by Crippen LogP contribution is 2.39. The third-order valence-electron chi connectivity index (χ3n) is 23.9. The second kappa shape index (κ2) is 37.5. The minimum atomic E-state index is -0.0190. The van der Waals surface area contributed by atoms with Crippen molar-refractivity contribution in [3.8, 4) is 169 Å².